The lowest BCUT2D eigenvalue weighted by atomic mass is 10.1. The summed E-state index contributed by atoms with van der Waals surface area (Å²) in [6, 6.07) is 6.83. The first-order valence-electron chi connectivity index (χ1n) is 5.34. The highest BCUT2D eigenvalue weighted by molar-refractivity contribution is 5.90. The summed E-state index contributed by atoms with van der Waals surface area (Å²) < 4.78 is 0. The zero-order valence-electron chi connectivity index (χ0n) is 9.72. The van der Waals surface area contributed by atoms with Crippen molar-refractivity contribution in [2.24, 2.45) is 5.73 Å². The molecule has 0 aliphatic heterocycles. The van der Waals surface area contributed by atoms with E-state index in [1.807, 2.05) is 18.2 Å². The summed E-state index contributed by atoms with van der Waals surface area (Å²) in [5, 5.41) is 8.54. The van der Waals surface area contributed by atoms with E-state index in [2.05, 4.69) is 0 Å². The minimum absolute atomic E-state index is 0.149. The maximum atomic E-state index is 11.0. The molecule has 0 aliphatic carbocycles. The average molecular weight is 236 g/mol. The van der Waals surface area contributed by atoms with Crippen molar-refractivity contribution in [1.29, 1.82) is 0 Å². The van der Waals surface area contributed by atoms with Crippen molar-refractivity contribution in [3.8, 4) is 0 Å². The topological polar surface area (TPSA) is 83.6 Å². The van der Waals surface area contributed by atoms with E-state index in [-0.39, 0.29) is 6.42 Å². The molecule has 1 aromatic rings. The Morgan fingerprint density at radius 2 is 2.12 bits per heavy atom. The van der Waals surface area contributed by atoms with Crippen molar-refractivity contribution in [3.63, 3.8) is 0 Å². The molecule has 0 radical (unpaired) electrons. The van der Waals surface area contributed by atoms with Gasteiger partial charge in [-0.1, -0.05) is 12.1 Å². The molecule has 2 amide bonds. The number of rotatable bonds is 5. The fourth-order valence-electron chi connectivity index (χ4n) is 1.49. The molecule has 0 saturated carbocycles. The molecular formula is C12H16N2O3. The summed E-state index contributed by atoms with van der Waals surface area (Å²) in [4.78, 5) is 22.7. The number of anilines is 1. The largest absolute Gasteiger partial charge is 0.481 e. The van der Waals surface area contributed by atoms with Gasteiger partial charge in [0.15, 0.2) is 0 Å². The molecule has 92 valence electrons. The van der Waals surface area contributed by atoms with Crippen LogP contribution in [0.15, 0.2) is 24.3 Å². The Bertz CT molecular complexity index is 418. The molecule has 0 aromatic heterocycles. The van der Waals surface area contributed by atoms with Crippen LogP contribution in [0.3, 0.4) is 0 Å². The number of nitrogens with zero attached hydrogens (tertiary/aromatic N) is 1. The lowest BCUT2D eigenvalue weighted by Gasteiger charge is -2.15. The number of aliphatic carboxylic acids is 1. The van der Waals surface area contributed by atoms with Crippen molar-refractivity contribution in [2.75, 3.05) is 11.9 Å². The Hall–Kier alpha value is -2.04. The third kappa shape index (κ3) is 4.14. The van der Waals surface area contributed by atoms with Crippen molar-refractivity contribution in [1.82, 2.24) is 0 Å². The summed E-state index contributed by atoms with van der Waals surface area (Å²) in [6.07, 6.45) is 1.40. The maximum absolute atomic E-state index is 11.0. The molecule has 17 heavy (non-hydrogen) atoms. The van der Waals surface area contributed by atoms with E-state index in [0.717, 1.165) is 5.56 Å². The average Bonchev–Trinajstić information content (AvgIpc) is 2.28. The molecule has 5 heteroatoms. The SMILES string of the molecule is CN(C(N)=O)c1cccc(CCCC(=O)O)c1. The molecular weight excluding hydrogens is 220 g/mol. The molecule has 0 saturated heterocycles. The van der Waals surface area contributed by atoms with Gasteiger partial charge in [0, 0.05) is 19.2 Å². The van der Waals surface area contributed by atoms with Gasteiger partial charge in [0.2, 0.25) is 0 Å². The third-order valence-electron chi connectivity index (χ3n) is 2.48. The predicted molar refractivity (Wildman–Crippen MR) is 65.0 cm³/mol. The summed E-state index contributed by atoms with van der Waals surface area (Å²) in [5.41, 5.74) is 6.88. The smallest absolute Gasteiger partial charge is 0.318 e. The summed E-state index contributed by atoms with van der Waals surface area (Å²) >= 11 is 0. The van der Waals surface area contributed by atoms with Crippen LogP contribution in [-0.2, 0) is 11.2 Å². The third-order valence-corrected chi connectivity index (χ3v) is 2.48. The van der Waals surface area contributed by atoms with E-state index < -0.39 is 12.0 Å². The monoisotopic (exact) mass is 236 g/mol. The first-order valence-corrected chi connectivity index (χ1v) is 5.34. The molecule has 0 aliphatic rings. The Morgan fingerprint density at radius 3 is 2.71 bits per heavy atom. The van der Waals surface area contributed by atoms with Gasteiger partial charge in [-0.15, -0.1) is 0 Å². The van der Waals surface area contributed by atoms with Crippen LogP contribution < -0.4 is 10.6 Å². The van der Waals surface area contributed by atoms with Crippen molar-refractivity contribution in [2.45, 2.75) is 19.3 Å². The number of benzene rings is 1. The van der Waals surface area contributed by atoms with Crippen molar-refractivity contribution in [3.05, 3.63) is 29.8 Å². The number of aryl methyl sites for hydroxylation is 1. The fraction of sp³-hybridized carbons (Fsp3) is 0.333. The molecule has 0 unspecified atom stereocenters. The highest BCUT2D eigenvalue weighted by Gasteiger charge is 2.06. The second kappa shape index (κ2) is 5.89. The maximum Gasteiger partial charge on any atom is 0.318 e. The number of carboxylic acids is 1. The van der Waals surface area contributed by atoms with Gasteiger partial charge in [0.05, 0.1) is 0 Å². The number of nitrogens with two attached hydrogens (primary N) is 1. The molecule has 1 aromatic carbocycles. The van der Waals surface area contributed by atoms with E-state index in [4.69, 9.17) is 10.8 Å². The van der Waals surface area contributed by atoms with E-state index in [1.54, 1.807) is 13.1 Å². The minimum atomic E-state index is -0.796. The van der Waals surface area contributed by atoms with Crippen LogP contribution in [0.5, 0.6) is 0 Å². The van der Waals surface area contributed by atoms with Gasteiger partial charge in [-0.2, -0.15) is 0 Å². The molecule has 0 heterocycles. The van der Waals surface area contributed by atoms with Gasteiger partial charge in [-0.3, -0.25) is 9.69 Å². The van der Waals surface area contributed by atoms with Crippen LogP contribution in [0.4, 0.5) is 10.5 Å². The molecule has 5 nitrogen and oxygen atoms in total. The summed E-state index contributed by atoms with van der Waals surface area (Å²) in [6.45, 7) is 0. The number of hydrogen-bond acceptors (Lipinski definition) is 2. The van der Waals surface area contributed by atoms with Crippen LogP contribution >= 0.6 is 0 Å². The van der Waals surface area contributed by atoms with Gasteiger partial charge in [-0.25, -0.2) is 4.79 Å². The van der Waals surface area contributed by atoms with E-state index >= 15 is 0 Å². The first kappa shape index (κ1) is 13.0. The highest BCUT2D eigenvalue weighted by Crippen LogP contribution is 2.16. The Balaban J connectivity index is 2.66. The second-order valence-corrected chi connectivity index (χ2v) is 3.81. The van der Waals surface area contributed by atoms with Crippen LogP contribution in [0.25, 0.3) is 0 Å². The number of carboxylic acid groups (broad SMARTS) is 1. The first-order chi connectivity index (χ1) is 8.00. The number of carbonyl (C=O) groups excluding carboxylic acids is 1. The normalized spacial score (nSPS) is 9.94. The number of amides is 2. The lowest BCUT2D eigenvalue weighted by Crippen LogP contribution is -2.31. The standard InChI is InChI=1S/C12H16N2O3/c1-14(12(13)17)10-6-2-4-9(8-10)5-3-7-11(15)16/h2,4,6,8H,3,5,7H2,1H3,(H2,13,17)(H,15,16). The molecule has 0 atom stereocenters. The van der Waals surface area contributed by atoms with Gasteiger partial charge < -0.3 is 10.8 Å². The number of urea groups is 1. The highest BCUT2D eigenvalue weighted by atomic mass is 16.4. The molecule has 0 fully saturated rings. The molecule has 0 spiro atoms. The molecule has 3 N–H and O–H groups in total. The minimum Gasteiger partial charge on any atom is -0.481 e. The van der Waals surface area contributed by atoms with Crippen LogP contribution in [0.2, 0.25) is 0 Å². The molecule has 1 rings (SSSR count). The van der Waals surface area contributed by atoms with Gasteiger partial charge in [0.1, 0.15) is 0 Å². The number of hydrogen-bond donors (Lipinski definition) is 2. The fourth-order valence-corrected chi connectivity index (χ4v) is 1.49. The van der Waals surface area contributed by atoms with E-state index in [9.17, 15) is 9.59 Å². The van der Waals surface area contributed by atoms with Gasteiger partial charge in [0.25, 0.3) is 0 Å². The quantitative estimate of drug-likeness (QED) is 0.814. The Labute approximate surface area is 99.8 Å². The zero-order chi connectivity index (χ0) is 12.8. The van der Waals surface area contributed by atoms with Crippen LogP contribution in [0, 0.1) is 0 Å². The summed E-state index contributed by atoms with van der Waals surface area (Å²) in [7, 11) is 1.60. The predicted octanol–water partition coefficient (Wildman–Crippen LogP) is 1.61. The molecule has 0 bridgehead atoms. The Kier molecular flexibility index (Phi) is 4.51. The van der Waals surface area contributed by atoms with Crippen LogP contribution in [-0.4, -0.2) is 24.2 Å². The summed E-state index contributed by atoms with van der Waals surface area (Å²) in [5.74, 6) is -0.796. The zero-order valence-corrected chi connectivity index (χ0v) is 9.72. The Morgan fingerprint density at radius 1 is 1.41 bits per heavy atom. The lowest BCUT2D eigenvalue weighted by molar-refractivity contribution is -0.137. The second-order valence-electron chi connectivity index (χ2n) is 3.81. The van der Waals surface area contributed by atoms with E-state index in [1.165, 1.54) is 4.90 Å². The van der Waals surface area contributed by atoms with Crippen molar-refractivity contribution < 1.29 is 14.7 Å². The van der Waals surface area contributed by atoms with Crippen molar-refractivity contribution >= 4 is 17.7 Å². The van der Waals surface area contributed by atoms with E-state index in [0.29, 0.717) is 18.5 Å². The van der Waals surface area contributed by atoms with Crippen LogP contribution in [0.1, 0.15) is 18.4 Å². The van der Waals surface area contributed by atoms with Gasteiger partial charge in [-0.05, 0) is 30.5 Å². The number of primary amides is 1. The van der Waals surface area contributed by atoms with Gasteiger partial charge >= 0.3 is 12.0 Å². The number of carbonyl (C=O) groups is 2.